The van der Waals surface area contributed by atoms with Gasteiger partial charge >= 0.3 is 0 Å². The summed E-state index contributed by atoms with van der Waals surface area (Å²) in [5, 5.41) is 3.24. The number of nitrogens with zero attached hydrogens (tertiary/aromatic N) is 3. The molecule has 6 nitrogen and oxygen atoms in total. The Labute approximate surface area is 183 Å². The highest BCUT2D eigenvalue weighted by Gasteiger charge is 2.16. The number of sulfonamides is 1. The molecule has 2 aromatic rings. The lowest BCUT2D eigenvalue weighted by Gasteiger charge is -2.22. The maximum atomic E-state index is 13.0. The van der Waals surface area contributed by atoms with Gasteiger partial charge in [0.1, 0.15) is 5.82 Å². The SMILES string of the molecule is CN=C(NCc1ccc(S(=O)(=O)N(C)C)cc1)N(C)Cc1ccc(F)cc1.I. The molecular formula is C19H26FIN4O2S. The van der Waals surface area contributed by atoms with Crippen molar-refractivity contribution >= 4 is 40.0 Å². The van der Waals surface area contributed by atoms with E-state index in [0.717, 1.165) is 11.1 Å². The quantitative estimate of drug-likeness (QED) is 0.362. The van der Waals surface area contributed by atoms with Crippen LogP contribution in [-0.4, -0.2) is 51.8 Å². The fourth-order valence-corrected chi connectivity index (χ4v) is 3.40. The van der Waals surface area contributed by atoms with E-state index in [0.29, 0.717) is 19.0 Å². The lowest BCUT2D eigenvalue weighted by atomic mass is 10.2. The zero-order valence-electron chi connectivity index (χ0n) is 16.4. The molecule has 0 fully saturated rings. The third-order valence-electron chi connectivity index (χ3n) is 4.06. The van der Waals surface area contributed by atoms with Gasteiger partial charge in [0, 0.05) is 41.3 Å². The van der Waals surface area contributed by atoms with Crippen molar-refractivity contribution in [2.45, 2.75) is 18.0 Å². The highest BCUT2D eigenvalue weighted by Crippen LogP contribution is 2.14. The van der Waals surface area contributed by atoms with Crippen LogP contribution in [0.5, 0.6) is 0 Å². The predicted molar refractivity (Wildman–Crippen MR) is 121 cm³/mol. The zero-order chi connectivity index (χ0) is 20.0. The molecule has 28 heavy (non-hydrogen) atoms. The van der Waals surface area contributed by atoms with Crippen LogP contribution >= 0.6 is 24.0 Å². The molecule has 0 radical (unpaired) electrons. The van der Waals surface area contributed by atoms with Gasteiger partial charge in [0.25, 0.3) is 0 Å². The van der Waals surface area contributed by atoms with Crippen LogP contribution in [0.3, 0.4) is 0 Å². The van der Waals surface area contributed by atoms with Crippen molar-refractivity contribution in [1.82, 2.24) is 14.5 Å². The van der Waals surface area contributed by atoms with Crippen LogP contribution in [0, 0.1) is 5.82 Å². The Bertz CT molecular complexity index is 885. The molecule has 154 valence electrons. The van der Waals surface area contributed by atoms with Crippen LogP contribution in [-0.2, 0) is 23.1 Å². The van der Waals surface area contributed by atoms with E-state index in [1.165, 1.54) is 30.5 Å². The Morgan fingerprint density at radius 1 is 1.00 bits per heavy atom. The first-order chi connectivity index (χ1) is 12.7. The Hall–Kier alpha value is -1.72. The summed E-state index contributed by atoms with van der Waals surface area (Å²) in [6.45, 7) is 1.09. The average Bonchev–Trinajstić information content (AvgIpc) is 2.64. The summed E-state index contributed by atoms with van der Waals surface area (Å²) >= 11 is 0. The van der Waals surface area contributed by atoms with Crippen LogP contribution in [0.4, 0.5) is 4.39 Å². The first-order valence-electron chi connectivity index (χ1n) is 8.41. The van der Waals surface area contributed by atoms with Gasteiger partial charge < -0.3 is 10.2 Å². The number of rotatable bonds is 6. The molecule has 1 N–H and O–H groups in total. The second-order valence-corrected chi connectivity index (χ2v) is 8.47. The topological polar surface area (TPSA) is 65.0 Å². The summed E-state index contributed by atoms with van der Waals surface area (Å²) in [5.74, 6) is 0.424. The second kappa shape index (κ2) is 10.7. The minimum absolute atomic E-state index is 0. The number of nitrogens with one attached hydrogen (secondary N) is 1. The van der Waals surface area contributed by atoms with E-state index in [4.69, 9.17) is 0 Å². The van der Waals surface area contributed by atoms with Gasteiger partial charge in [0.15, 0.2) is 5.96 Å². The minimum atomic E-state index is -3.43. The van der Waals surface area contributed by atoms with Gasteiger partial charge in [-0.25, -0.2) is 17.1 Å². The smallest absolute Gasteiger partial charge is 0.242 e. The molecule has 0 saturated carbocycles. The summed E-state index contributed by atoms with van der Waals surface area (Å²) < 4.78 is 38.4. The van der Waals surface area contributed by atoms with Crippen molar-refractivity contribution in [1.29, 1.82) is 0 Å². The maximum absolute atomic E-state index is 13.0. The Balaban J connectivity index is 0.00000392. The van der Waals surface area contributed by atoms with Crippen LogP contribution in [0.15, 0.2) is 58.4 Å². The van der Waals surface area contributed by atoms with E-state index in [1.807, 2.05) is 11.9 Å². The van der Waals surface area contributed by atoms with Gasteiger partial charge in [0.05, 0.1) is 4.90 Å². The van der Waals surface area contributed by atoms with Gasteiger partial charge in [0.2, 0.25) is 10.0 Å². The summed E-state index contributed by atoms with van der Waals surface area (Å²) in [6, 6.07) is 13.1. The van der Waals surface area contributed by atoms with E-state index >= 15 is 0 Å². The largest absolute Gasteiger partial charge is 0.352 e. The average molecular weight is 520 g/mol. The Morgan fingerprint density at radius 3 is 2.04 bits per heavy atom. The van der Waals surface area contributed by atoms with Crippen LogP contribution < -0.4 is 5.32 Å². The number of aliphatic imine (C=N–C) groups is 1. The van der Waals surface area contributed by atoms with Crippen molar-refractivity contribution in [3.05, 3.63) is 65.5 Å². The second-order valence-electron chi connectivity index (χ2n) is 6.31. The molecule has 2 rings (SSSR count). The van der Waals surface area contributed by atoms with Gasteiger partial charge in [-0.3, -0.25) is 4.99 Å². The van der Waals surface area contributed by atoms with Gasteiger partial charge in [-0.1, -0.05) is 24.3 Å². The number of hydrogen-bond donors (Lipinski definition) is 1. The fraction of sp³-hybridized carbons (Fsp3) is 0.316. The standard InChI is InChI=1S/C19H25FN4O2S.HI/c1-21-19(24(4)14-16-5-9-17(20)10-6-16)22-13-15-7-11-18(12-8-15)27(25,26)23(2)3;/h5-12H,13-14H2,1-4H3,(H,21,22);1H. The highest BCUT2D eigenvalue weighted by molar-refractivity contribution is 14.0. The van der Waals surface area contributed by atoms with E-state index in [2.05, 4.69) is 10.3 Å². The zero-order valence-corrected chi connectivity index (χ0v) is 19.5. The Morgan fingerprint density at radius 2 is 1.54 bits per heavy atom. The summed E-state index contributed by atoms with van der Waals surface area (Å²) in [5.41, 5.74) is 1.91. The number of benzene rings is 2. The van der Waals surface area contributed by atoms with Crippen LogP contribution in [0.1, 0.15) is 11.1 Å². The fourth-order valence-electron chi connectivity index (χ4n) is 2.49. The molecule has 0 aliphatic heterocycles. The van der Waals surface area contributed by atoms with E-state index in [-0.39, 0.29) is 34.7 Å². The third kappa shape index (κ3) is 6.42. The molecule has 0 aliphatic carbocycles. The van der Waals surface area contributed by atoms with Crippen LogP contribution in [0.2, 0.25) is 0 Å². The molecule has 2 aromatic carbocycles. The Kier molecular flexibility index (Phi) is 9.31. The number of guanidine groups is 1. The normalized spacial score (nSPS) is 11.9. The monoisotopic (exact) mass is 520 g/mol. The van der Waals surface area contributed by atoms with Crippen LogP contribution in [0.25, 0.3) is 0 Å². The minimum Gasteiger partial charge on any atom is -0.352 e. The molecule has 0 spiro atoms. The number of hydrogen-bond acceptors (Lipinski definition) is 3. The van der Waals surface area contributed by atoms with Gasteiger partial charge in [-0.15, -0.1) is 24.0 Å². The molecule has 0 amide bonds. The predicted octanol–water partition coefficient (Wildman–Crippen LogP) is 2.90. The van der Waals surface area contributed by atoms with Crippen molar-refractivity contribution in [3.63, 3.8) is 0 Å². The van der Waals surface area contributed by atoms with Crippen molar-refractivity contribution in [3.8, 4) is 0 Å². The van der Waals surface area contributed by atoms with E-state index < -0.39 is 10.0 Å². The lowest BCUT2D eigenvalue weighted by Crippen LogP contribution is -2.38. The molecule has 0 bridgehead atoms. The van der Waals surface area contributed by atoms with E-state index in [9.17, 15) is 12.8 Å². The van der Waals surface area contributed by atoms with Gasteiger partial charge in [-0.2, -0.15) is 0 Å². The van der Waals surface area contributed by atoms with Crippen molar-refractivity contribution in [2.75, 3.05) is 28.2 Å². The highest BCUT2D eigenvalue weighted by atomic mass is 127. The molecule has 0 unspecified atom stereocenters. The van der Waals surface area contributed by atoms with Crippen molar-refractivity contribution < 1.29 is 12.8 Å². The summed E-state index contributed by atoms with van der Waals surface area (Å²) in [6.07, 6.45) is 0. The molecule has 0 saturated heterocycles. The molecule has 0 aromatic heterocycles. The van der Waals surface area contributed by atoms with Gasteiger partial charge in [-0.05, 0) is 35.4 Å². The third-order valence-corrected chi connectivity index (χ3v) is 5.89. The number of halogens is 2. The molecule has 9 heteroatoms. The molecule has 0 atom stereocenters. The summed E-state index contributed by atoms with van der Waals surface area (Å²) in [4.78, 5) is 6.44. The molecular weight excluding hydrogens is 494 g/mol. The molecule has 0 heterocycles. The van der Waals surface area contributed by atoms with Crippen molar-refractivity contribution in [2.24, 2.45) is 4.99 Å². The first kappa shape index (κ1) is 24.3. The first-order valence-corrected chi connectivity index (χ1v) is 9.85. The lowest BCUT2D eigenvalue weighted by molar-refractivity contribution is 0.476. The van der Waals surface area contributed by atoms with E-state index in [1.54, 1.807) is 43.4 Å². The molecule has 0 aliphatic rings. The maximum Gasteiger partial charge on any atom is 0.242 e. The summed E-state index contributed by atoms with van der Waals surface area (Å²) in [7, 11) is 3.17.